The Balaban J connectivity index is 2.14. The molecule has 1 amide bonds. The molecule has 0 bridgehead atoms. The Kier molecular flexibility index (Phi) is 4.34. The van der Waals surface area contributed by atoms with Gasteiger partial charge in [-0.05, 0) is 29.6 Å². The number of carboxylic acid groups (broad SMARTS) is 1. The maximum Gasteiger partial charge on any atom is 0.337 e. The molecule has 1 aromatic heterocycles. The van der Waals surface area contributed by atoms with Gasteiger partial charge in [0.05, 0.1) is 17.7 Å². The predicted octanol–water partition coefficient (Wildman–Crippen LogP) is 3.39. The topological polar surface area (TPSA) is 66.4 Å². The third kappa shape index (κ3) is 3.65. The van der Waals surface area contributed by atoms with Gasteiger partial charge in [-0.3, -0.25) is 4.79 Å². The van der Waals surface area contributed by atoms with E-state index in [-0.39, 0.29) is 17.9 Å². The van der Waals surface area contributed by atoms with Crippen molar-refractivity contribution in [1.82, 2.24) is 0 Å². The van der Waals surface area contributed by atoms with E-state index in [1.807, 2.05) is 17.5 Å². The first-order valence-corrected chi connectivity index (χ1v) is 7.08. The van der Waals surface area contributed by atoms with Crippen LogP contribution in [0.3, 0.4) is 0 Å². The molecule has 0 aliphatic rings. The van der Waals surface area contributed by atoms with E-state index in [4.69, 9.17) is 5.11 Å². The lowest BCUT2D eigenvalue weighted by Gasteiger charge is -2.08. The van der Waals surface area contributed by atoms with E-state index in [0.29, 0.717) is 10.2 Å². The zero-order valence-corrected chi connectivity index (χ0v) is 12.1. The second-order valence-electron chi connectivity index (χ2n) is 3.80. The molecule has 1 heterocycles. The fraction of sp³-hybridized carbons (Fsp3) is 0.0769. The van der Waals surface area contributed by atoms with Crippen LogP contribution in [0.25, 0.3) is 0 Å². The highest BCUT2D eigenvalue weighted by molar-refractivity contribution is 9.10. The molecule has 2 rings (SSSR count). The number of carbonyl (C=O) groups is 2. The van der Waals surface area contributed by atoms with Crippen LogP contribution < -0.4 is 5.32 Å². The minimum absolute atomic E-state index is 0.0638. The molecule has 19 heavy (non-hydrogen) atoms. The predicted molar refractivity (Wildman–Crippen MR) is 77.8 cm³/mol. The van der Waals surface area contributed by atoms with Crippen molar-refractivity contribution in [1.29, 1.82) is 0 Å². The van der Waals surface area contributed by atoms with Gasteiger partial charge in [0.15, 0.2) is 0 Å². The van der Waals surface area contributed by atoms with Crippen LogP contribution >= 0.6 is 27.3 Å². The van der Waals surface area contributed by atoms with Crippen LogP contribution in [0.4, 0.5) is 5.69 Å². The number of carbonyl (C=O) groups excluding carboxylic acids is 1. The van der Waals surface area contributed by atoms with E-state index < -0.39 is 5.97 Å². The molecule has 4 nitrogen and oxygen atoms in total. The van der Waals surface area contributed by atoms with Crippen molar-refractivity contribution in [3.05, 3.63) is 50.6 Å². The summed E-state index contributed by atoms with van der Waals surface area (Å²) in [5, 5.41) is 13.6. The van der Waals surface area contributed by atoms with E-state index in [1.165, 1.54) is 17.4 Å². The maximum absolute atomic E-state index is 11.8. The third-order valence-corrected chi connectivity index (χ3v) is 3.77. The van der Waals surface area contributed by atoms with Crippen molar-refractivity contribution in [3.8, 4) is 0 Å². The summed E-state index contributed by atoms with van der Waals surface area (Å²) in [6, 6.07) is 8.45. The Morgan fingerprint density at radius 3 is 2.74 bits per heavy atom. The first-order chi connectivity index (χ1) is 9.06. The van der Waals surface area contributed by atoms with E-state index in [1.54, 1.807) is 12.1 Å². The Bertz CT molecular complexity index is 610. The number of benzene rings is 1. The molecule has 98 valence electrons. The van der Waals surface area contributed by atoms with Gasteiger partial charge in [0, 0.05) is 9.35 Å². The Morgan fingerprint density at radius 1 is 1.32 bits per heavy atom. The quantitative estimate of drug-likeness (QED) is 0.897. The van der Waals surface area contributed by atoms with Gasteiger partial charge in [-0.1, -0.05) is 22.0 Å². The van der Waals surface area contributed by atoms with Crippen LogP contribution in [-0.2, 0) is 11.2 Å². The van der Waals surface area contributed by atoms with Crippen LogP contribution in [0.5, 0.6) is 0 Å². The summed E-state index contributed by atoms with van der Waals surface area (Å²) >= 11 is 4.70. The van der Waals surface area contributed by atoms with Crippen LogP contribution in [0.15, 0.2) is 40.2 Å². The maximum atomic E-state index is 11.8. The summed E-state index contributed by atoms with van der Waals surface area (Å²) in [7, 11) is 0. The summed E-state index contributed by atoms with van der Waals surface area (Å²) < 4.78 is 0.654. The van der Waals surface area contributed by atoms with Gasteiger partial charge in [-0.15, -0.1) is 11.3 Å². The minimum Gasteiger partial charge on any atom is -0.478 e. The van der Waals surface area contributed by atoms with Crippen molar-refractivity contribution >= 4 is 44.8 Å². The van der Waals surface area contributed by atoms with Gasteiger partial charge in [0.1, 0.15) is 0 Å². The Morgan fingerprint density at radius 2 is 2.11 bits per heavy atom. The van der Waals surface area contributed by atoms with E-state index in [2.05, 4.69) is 21.2 Å². The zero-order chi connectivity index (χ0) is 13.8. The molecule has 1 aromatic carbocycles. The third-order valence-electron chi connectivity index (χ3n) is 2.40. The summed E-state index contributed by atoms with van der Waals surface area (Å²) in [6.07, 6.45) is 0.243. The van der Waals surface area contributed by atoms with Crippen LogP contribution in [0.1, 0.15) is 15.2 Å². The number of hydrogen-bond donors (Lipinski definition) is 2. The summed E-state index contributed by atoms with van der Waals surface area (Å²) in [4.78, 5) is 23.9. The highest BCUT2D eigenvalue weighted by Crippen LogP contribution is 2.21. The molecular formula is C13H10BrNO3S. The zero-order valence-electron chi connectivity index (χ0n) is 9.72. The van der Waals surface area contributed by atoms with E-state index in [9.17, 15) is 9.59 Å². The second kappa shape index (κ2) is 5.99. The number of aromatic carboxylic acids is 1. The molecule has 0 aliphatic heterocycles. The molecular weight excluding hydrogens is 330 g/mol. The van der Waals surface area contributed by atoms with Crippen molar-refractivity contribution in [2.45, 2.75) is 6.42 Å². The monoisotopic (exact) mass is 339 g/mol. The lowest BCUT2D eigenvalue weighted by atomic mass is 10.1. The first kappa shape index (κ1) is 13.8. The molecule has 2 N–H and O–H groups in total. The molecule has 0 saturated carbocycles. The van der Waals surface area contributed by atoms with Crippen molar-refractivity contribution < 1.29 is 14.7 Å². The summed E-state index contributed by atoms with van der Waals surface area (Å²) in [5.41, 5.74) is 0.367. The number of amides is 1. The molecule has 0 fully saturated rings. The average molecular weight is 340 g/mol. The number of anilines is 1. The number of thiophene rings is 1. The lowest BCUT2D eigenvalue weighted by molar-refractivity contribution is -0.115. The first-order valence-electron chi connectivity index (χ1n) is 5.41. The van der Waals surface area contributed by atoms with Crippen LogP contribution in [-0.4, -0.2) is 17.0 Å². The van der Waals surface area contributed by atoms with Gasteiger partial charge in [0.2, 0.25) is 5.91 Å². The number of rotatable bonds is 4. The molecule has 0 saturated heterocycles. The normalized spacial score (nSPS) is 10.2. The molecule has 2 aromatic rings. The van der Waals surface area contributed by atoms with Gasteiger partial charge < -0.3 is 10.4 Å². The minimum atomic E-state index is -1.08. The van der Waals surface area contributed by atoms with Crippen molar-refractivity contribution in [2.75, 3.05) is 5.32 Å². The summed E-state index contributed by atoms with van der Waals surface area (Å²) in [5.74, 6) is -1.31. The molecule has 0 unspecified atom stereocenters. The number of halogens is 1. The molecule has 0 spiro atoms. The Labute approximate surface area is 122 Å². The number of hydrogen-bond acceptors (Lipinski definition) is 3. The van der Waals surface area contributed by atoms with Crippen LogP contribution in [0, 0.1) is 0 Å². The Hall–Kier alpha value is -1.66. The SMILES string of the molecule is O=C(Cc1cccs1)Nc1ccc(Br)cc1C(=O)O. The molecule has 6 heteroatoms. The van der Waals surface area contributed by atoms with Gasteiger partial charge >= 0.3 is 5.97 Å². The van der Waals surface area contributed by atoms with Crippen molar-refractivity contribution in [3.63, 3.8) is 0 Å². The standard InChI is InChI=1S/C13H10BrNO3S/c14-8-3-4-11(10(6-8)13(17)18)15-12(16)7-9-2-1-5-19-9/h1-6H,7H2,(H,15,16)(H,17,18). The lowest BCUT2D eigenvalue weighted by Crippen LogP contribution is -2.16. The van der Waals surface area contributed by atoms with Gasteiger partial charge in [-0.2, -0.15) is 0 Å². The van der Waals surface area contributed by atoms with Crippen molar-refractivity contribution in [2.24, 2.45) is 0 Å². The van der Waals surface area contributed by atoms with Gasteiger partial charge in [0.25, 0.3) is 0 Å². The van der Waals surface area contributed by atoms with Crippen LogP contribution in [0.2, 0.25) is 0 Å². The average Bonchev–Trinajstić information content (AvgIpc) is 2.83. The molecule has 0 radical (unpaired) electrons. The molecule has 0 atom stereocenters. The highest BCUT2D eigenvalue weighted by Gasteiger charge is 2.13. The molecule has 0 aliphatic carbocycles. The van der Waals surface area contributed by atoms with E-state index >= 15 is 0 Å². The van der Waals surface area contributed by atoms with Gasteiger partial charge in [-0.25, -0.2) is 4.79 Å². The summed E-state index contributed by atoms with van der Waals surface area (Å²) in [6.45, 7) is 0. The largest absolute Gasteiger partial charge is 0.478 e. The number of nitrogens with one attached hydrogen (secondary N) is 1. The fourth-order valence-electron chi connectivity index (χ4n) is 1.57. The fourth-order valence-corrected chi connectivity index (χ4v) is 2.63. The number of carboxylic acids is 1. The highest BCUT2D eigenvalue weighted by atomic mass is 79.9. The smallest absolute Gasteiger partial charge is 0.337 e. The van der Waals surface area contributed by atoms with E-state index in [0.717, 1.165) is 4.88 Å². The second-order valence-corrected chi connectivity index (χ2v) is 5.75.